The van der Waals surface area contributed by atoms with E-state index in [0.29, 0.717) is 6.04 Å². The van der Waals surface area contributed by atoms with Crippen LogP contribution in [0.3, 0.4) is 0 Å². The first-order valence-corrected chi connectivity index (χ1v) is 6.10. The van der Waals surface area contributed by atoms with Crippen LogP contribution in [0.2, 0.25) is 0 Å². The van der Waals surface area contributed by atoms with Gasteiger partial charge in [-0.2, -0.15) is 8.78 Å². The highest BCUT2D eigenvalue weighted by molar-refractivity contribution is 5.27. The van der Waals surface area contributed by atoms with Gasteiger partial charge in [0.1, 0.15) is 5.75 Å². The minimum atomic E-state index is -2.76. The highest BCUT2D eigenvalue weighted by atomic mass is 19.3. The highest BCUT2D eigenvalue weighted by Crippen LogP contribution is 2.17. The van der Waals surface area contributed by atoms with Crippen molar-refractivity contribution in [2.75, 3.05) is 20.1 Å². The summed E-state index contributed by atoms with van der Waals surface area (Å²) in [6.07, 6.45) is 1.16. The molecule has 0 bridgehead atoms. The van der Waals surface area contributed by atoms with Crippen molar-refractivity contribution in [1.29, 1.82) is 0 Å². The lowest BCUT2D eigenvalue weighted by Gasteiger charge is -2.23. The largest absolute Gasteiger partial charge is 0.435 e. The molecule has 5 heteroatoms. The first kappa shape index (κ1) is 13.2. The molecular formula is C13H18F2N2O. The summed E-state index contributed by atoms with van der Waals surface area (Å²) in [5.74, 6) is 0.207. The maximum absolute atomic E-state index is 12.0. The minimum absolute atomic E-state index is 0.207. The van der Waals surface area contributed by atoms with Gasteiger partial charge in [-0.3, -0.25) is 4.90 Å². The van der Waals surface area contributed by atoms with Crippen molar-refractivity contribution in [2.45, 2.75) is 25.6 Å². The number of halogens is 2. The summed E-state index contributed by atoms with van der Waals surface area (Å²) in [5.41, 5.74) is 1.10. The predicted molar refractivity (Wildman–Crippen MR) is 65.8 cm³/mol. The molecule has 0 spiro atoms. The van der Waals surface area contributed by atoms with Gasteiger partial charge in [0, 0.05) is 19.1 Å². The second kappa shape index (κ2) is 6.11. The van der Waals surface area contributed by atoms with Crippen molar-refractivity contribution in [3.05, 3.63) is 29.8 Å². The summed E-state index contributed by atoms with van der Waals surface area (Å²) >= 11 is 0. The summed E-state index contributed by atoms with van der Waals surface area (Å²) in [6.45, 7) is 0.142. The van der Waals surface area contributed by atoms with Crippen LogP contribution >= 0.6 is 0 Å². The predicted octanol–water partition coefficient (Wildman–Crippen LogP) is 2.08. The van der Waals surface area contributed by atoms with Gasteiger partial charge < -0.3 is 10.1 Å². The number of nitrogens with one attached hydrogen (secondary N) is 1. The number of rotatable bonds is 5. The molecule has 2 rings (SSSR count). The van der Waals surface area contributed by atoms with Crippen molar-refractivity contribution >= 4 is 0 Å². The minimum Gasteiger partial charge on any atom is -0.435 e. The lowest BCUT2D eigenvalue weighted by atomic mass is 10.1. The van der Waals surface area contributed by atoms with Gasteiger partial charge in [-0.15, -0.1) is 0 Å². The zero-order valence-corrected chi connectivity index (χ0v) is 10.4. The Balaban J connectivity index is 1.89. The van der Waals surface area contributed by atoms with E-state index >= 15 is 0 Å². The van der Waals surface area contributed by atoms with E-state index in [4.69, 9.17) is 0 Å². The zero-order chi connectivity index (χ0) is 13.0. The third-order valence-corrected chi connectivity index (χ3v) is 3.24. The van der Waals surface area contributed by atoms with E-state index in [2.05, 4.69) is 22.0 Å². The first-order valence-electron chi connectivity index (χ1n) is 6.10. The van der Waals surface area contributed by atoms with Gasteiger partial charge in [-0.05, 0) is 37.7 Å². The Kier molecular flexibility index (Phi) is 4.49. The second-order valence-electron chi connectivity index (χ2n) is 4.58. The topological polar surface area (TPSA) is 24.5 Å². The molecule has 1 unspecified atom stereocenters. The quantitative estimate of drug-likeness (QED) is 0.873. The second-order valence-corrected chi connectivity index (χ2v) is 4.58. The van der Waals surface area contributed by atoms with E-state index in [1.807, 2.05) is 12.1 Å². The fraction of sp³-hybridized carbons (Fsp3) is 0.538. The molecule has 0 aliphatic carbocycles. The van der Waals surface area contributed by atoms with Crippen LogP contribution in [0.15, 0.2) is 24.3 Å². The molecule has 1 aromatic rings. The van der Waals surface area contributed by atoms with Gasteiger partial charge in [-0.25, -0.2) is 0 Å². The number of ether oxygens (including phenoxy) is 1. The molecule has 1 aliphatic heterocycles. The standard InChI is InChI=1S/C13H18F2N2O/c1-17(11-6-7-16-8-11)9-10-2-4-12(5-3-10)18-13(14)15/h2-5,11,13,16H,6-9H2,1H3. The first-order chi connectivity index (χ1) is 8.65. The fourth-order valence-electron chi connectivity index (χ4n) is 2.21. The highest BCUT2D eigenvalue weighted by Gasteiger charge is 2.18. The van der Waals surface area contributed by atoms with E-state index in [1.165, 1.54) is 0 Å². The average Bonchev–Trinajstić information content (AvgIpc) is 2.84. The molecule has 1 heterocycles. The Morgan fingerprint density at radius 1 is 1.39 bits per heavy atom. The summed E-state index contributed by atoms with van der Waals surface area (Å²) in [4.78, 5) is 2.28. The van der Waals surface area contributed by atoms with Gasteiger partial charge >= 0.3 is 6.61 Å². The van der Waals surface area contributed by atoms with Crippen molar-refractivity contribution in [2.24, 2.45) is 0 Å². The number of benzene rings is 1. The van der Waals surface area contributed by atoms with Gasteiger partial charge in [0.2, 0.25) is 0 Å². The van der Waals surface area contributed by atoms with Crippen LogP contribution in [-0.4, -0.2) is 37.7 Å². The molecule has 1 N–H and O–H groups in total. The molecule has 18 heavy (non-hydrogen) atoms. The lowest BCUT2D eigenvalue weighted by Crippen LogP contribution is -2.32. The number of likely N-dealkylation sites (N-methyl/N-ethyl adjacent to an activating group) is 1. The molecule has 1 atom stereocenters. The van der Waals surface area contributed by atoms with Gasteiger partial charge in [0.25, 0.3) is 0 Å². The van der Waals surface area contributed by atoms with E-state index in [0.717, 1.165) is 31.6 Å². The van der Waals surface area contributed by atoms with Gasteiger partial charge in [0.15, 0.2) is 0 Å². The molecule has 0 saturated carbocycles. The third-order valence-electron chi connectivity index (χ3n) is 3.24. The summed E-state index contributed by atoms with van der Waals surface area (Å²) < 4.78 is 28.3. The Morgan fingerprint density at radius 3 is 2.67 bits per heavy atom. The maximum Gasteiger partial charge on any atom is 0.387 e. The van der Waals surface area contributed by atoms with Crippen LogP contribution in [0.1, 0.15) is 12.0 Å². The zero-order valence-electron chi connectivity index (χ0n) is 10.4. The van der Waals surface area contributed by atoms with Crippen molar-refractivity contribution in [1.82, 2.24) is 10.2 Å². The Bertz CT molecular complexity index is 364. The van der Waals surface area contributed by atoms with Crippen LogP contribution in [0.5, 0.6) is 5.75 Å². The van der Waals surface area contributed by atoms with Crippen LogP contribution in [0, 0.1) is 0 Å². The average molecular weight is 256 g/mol. The molecule has 0 amide bonds. The number of alkyl halides is 2. The molecule has 3 nitrogen and oxygen atoms in total. The molecule has 1 aromatic carbocycles. The normalized spacial score (nSPS) is 19.7. The van der Waals surface area contributed by atoms with E-state index in [-0.39, 0.29) is 5.75 Å². The fourth-order valence-corrected chi connectivity index (χ4v) is 2.21. The summed E-state index contributed by atoms with van der Waals surface area (Å²) in [5, 5.41) is 3.32. The van der Waals surface area contributed by atoms with Crippen molar-refractivity contribution < 1.29 is 13.5 Å². The lowest BCUT2D eigenvalue weighted by molar-refractivity contribution is -0.0498. The monoisotopic (exact) mass is 256 g/mol. The number of hydrogen-bond donors (Lipinski definition) is 1. The smallest absolute Gasteiger partial charge is 0.387 e. The van der Waals surface area contributed by atoms with Crippen LogP contribution in [0.4, 0.5) is 8.78 Å². The van der Waals surface area contributed by atoms with Crippen LogP contribution < -0.4 is 10.1 Å². The SMILES string of the molecule is CN(Cc1ccc(OC(F)F)cc1)C1CCNC1. The van der Waals surface area contributed by atoms with Gasteiger partial charge in [-0.1, -0.05) is 12.1 Å². The molecule has 0 aromatic heterocycles. The van der Waals surface area contributed by atoms with Gasteiger partial charge in [0.05, 0.1) is 0 Å². The molecule has 0 radical (unpaired) electrons. The molecule has 100 valence electrons. The molecule has 1 saturated heterocycles. The van der Waals surface area contributed by atoms with Crippen molar-refractivity contribution in [3.8, 4) is 5.75 Å². The molecule has 1 fully saturated rings. The van der Waals surface area contributed by atoms with Crippen LogP contribution in [-0.2, 0) is 6.54 Å². The van der Waals surface area contributed by atoms with Crippen molar-refractivity contribution in [3.63, 3.8) is 0 Å². The molecular weight excluding hydrogens is 238 g/mol. The molecule has 1 aliphatic rings. The third kappa shape index (κ3) is 3.65. The Labute approximate surface area is 106 Å². The Hall–Kier alpha value is -1.20. The number of hydrogen-bond acceptors (Lipinski definition) is 3. The number of nitrogens with zero attached hydrogens (tertiary/aromatic N) is 1. The van der Waals surface area contributed by atoms with E-state index in [1.54, 1.807) is 12.1 Å². The van der Waals surface area contributed by atoms with Crippen LogP contribution in [0.25, 0.3) is 0 Å². The van der Waals surface area contributed by atoms with E-state index in [9.17, 15) is 8.78 Å². The van der Waals surface area contributed by atoms with E-state index < -0.39 is 6.61 Å². The maximum atomic E-state index is 12.0. The summed E-state index contributed by atoms with van der Waals surface area (Å²) in [6, 6.07) is 7.39. The Morgan fingerprint density at radius 2 is 2.11 bits per heavy atom. The summed E-state index contributed by atoms with van der Waals surface area (Å²) in [7, 11) is 2.08.